The van der Waals surface area contributed by atoms with Crippen molar-refractivity contribution in [3.8, 4) is 0 Å². The van der Waals surface area contributed by atoms with Crippen molar-refractivity contribution in [3.05, 3.63) is 70.8 Å². The van der Waals surface area contributed by atoms with Gasteiger partial charge in [0.25, 0.3) is 0 Å². The predicted molar refractivity (Wildman–Crippen MR) is 132 cm³/mol. The zero-order chi connectivity index (χ0) is 28.3. The fourth-order valence-electron chi connectivity index (χ4n) is 4.87. The molecule has 210 valence electrons. The zero-order valence-corrected chi connectivity index (χ0v) is 21.9. The van der Waals surface area contributed by atoms with Gasteiger partial charge in [0, 0.05) is 24.7 Å². The van der Waals surface area contributed by atoms with E-state index in [1.165, 1.54) is 0 Å². The molecule has 0 spiro atoms. The van der Waals surface area contributed by atoms with E-state index >= 15 is 0 Å². The van der Waals surface area contributed by atoms with E-state index in [1.807, 2.05) is 37.3 Å². The second-order valence-electron chi connectivity index (χ2n) is 10.8. The third-order valence-electron chi connectivity index (χ3n) is 6.53. The van der Waals surface area contributed by atoms with Crippen LogP contribution in [-0.4, -0.2) is 34.7 Å². The van der Waals surface area contributed by atoms with Crippen LogP contribution >= 0.6 is 0 Å². The molecule has 0 saturated carbocycles. The molecule has 10 heteroatoms. The molecule has 4 nitrogen and oxygen atoms in total. The summed E-state index contributed by atoms with van der Waals surface area (Å²) < 4.78 is 85.4. The number of rotatable bonds is 6. The molecular formula is C28H34F6N2O2. The molecule has 0 aromatic heterocycles. The Bertz CT molecular complexity index is 1050. The Morgan fingerprint density at radius 3 is 1.95 bits per heavy atom. The van der Waals surface area contributed by atoms with Crippen LogP contribution < -0.4 is 5.32 Å². The first-order valence-electron chi connectivity index (χ1n) is 12.6. The predicted octanol–water partition coefficient (Wildman–Crippen LogP) is 7.60. The highest BCUT2D eigenvalue weighted by atomic mass is 19.4. The maximum Gasteiger partial charge on any atom is 0.416 e. The molecule has 0 unspecified atom stereocenters. The van der Waals surface area contributed by atoms with Gasteiger partial charge >= 0.3 is 18.4 Å². The van der Waals surface area contributed by atoms with Gasteiger partial charge in [-0.3, -0.25) is 0 Å². The fourth-order valence-corrected chi connectivity index (χ4v) is 4.87. The first kappa shape index (κ1) is 29.8. The van der Waals surface area contributed by atoms with Crippen molar-refractivity contribution in [2.45, 2.75) is 96.0 Å². The summed E-state index contributed by atoms with van der Waals surface area (Å²) in [6.07, 6.45) is -8.12. The molecule has 0 bridgehead atoms. The second-order valence-corrected chi connectivity index (χ2v) is 10.8. The summed E-state index contributed by atoms with van der Waals surface area (Å²) in [6.45, 7) is 7.13. The number of carbonyl (C=O) groups excluding carboxylic acids is 1. The first-order valence-corrected chi connectivity index (χ1v) is 12.6. The zero-order valence-electron chi connectivity index (χ0n) is 21.9. The van der Waals surface area contributed by atoms with Crippen molar-refractivity contribution in [2.24, 2.45) is 0 Å². The van der Waals surface area contributed by atoms with Crippen LogP contribution in [0.3, 0.4) is 0 Å². The van der Waals surface area contributed by atoms with E-state index < -0.39 is 35.2 Å². The van der Waals surface area contributed by atoms with Gasteiger partial charge in [-0.15, -0.1) is 0 Å². The van der Waals surface area contributed by atoms with Crippen LogP contribution in [0.1, 0.15) is 69.2 Å². The van der Waals surface area contributed by atoms with Crippen LogP contribution in [-0.2, 0) is 30.1 Å². The topological polar surface area (TPSA) is 41.6 Å². The summed E-state index contributed by atoms with van der Waals surface area (Å²) in [5.74, 6) is 0. The third-order valence-corrected chi connectivity index (χ3v) is 6.53. The van der Waals surface area contributed by atoms with Crippen LogP contribution in [0.5, 0.6) is 0 Å². The van der Waals surface area contributed by atoms with Crippen LogP contribution in [0.4, 0.5) is 31.1 Å². The van der Waals surface area contributed by atoms with E-state index in [0.717, 1.165) is 17.7 Å². The van der Waals surface area contributed by atoms with Gasteiger partial charge in [-0.25, -0.2) is 4.79 Å². The Morgan fingerprint density at radius 2 is 1.45 bits per heavy atom. The number of ether oxygens (including phenoxy) is 1. The van der Waals surface area contributed by atoms with E-state index in [4.69, 9.17) is 4.74 Å². The Hall–Kier alpha value is -2.75. The number of hydrogen-bond acceptors (Lipinski definition) is 3. The van der Waals surface area contributed by atoms with Crippen molar-refractivity contribution in [1.82, 2.24) is 10.2 Å². The van der Waals surface area contributed by atoms with Crippen molar-refractivity contribution in [2.75, 3.05) is 0 Å². The first-order chi connectivity index (χ1) is 17.6. The van der Waals surface area contributed by atoms with E-state index in [2.05, 4.69) is 5.32 Å². The van der Waals surface area contributed by atoms with Crippen molar-refractivity contribution in [1.29, 1.82) is 0 Å². The van der Waals surface area contributed by atoms with Crippen molar-refractivity contribution >= 4 is 6.09 Å². The van der Waals surface area contributed by atoms with Gasteiger partial charge in [-0.1, -0.05) is 37.3 Å². The quantitative estimate of drug-likeness (QED) is 0.381. The number of hydrogen-bond donors (Lipinski definition) is 1. The Balaban J connectivity index is 1.84. The molecule has 38 heavy (non-hydrogen) atoms. The van der Waals surface area contributed by atoms with E-state index in [9.17, 15) is 31.1 Å². The Morgan fingerprint density at radius 1 is 0.895 bits per heavy atom. The lowest BCUT2D eigenvalue weighted by molar-refractivity contribution is -0.143. The summed E-state index contributed by atoms with van der Waals surface area (Å²) in [7, 11) is 0. The standard InChI is InChI=1S/C28H34F6N2O2/c1-5-23-15-22(35-17-19-11-20(27(29,30)31)14-21(12-19)28(32,33)34)16-24(13-18-9-7-6-8-10-18)36(23)25(37)38-26(2,3)4/h6-12,14,22-24,35H,5,13,15-17H2,1-4H3/t22-,23+,24-/m0/s1. The number of nitrogens with zero attached hydrogens (tertiary/aromatic N) is 1. The van der Waals surface area contributed by atoms with Crippen LogP contribution in [0.15, 0.2) is 48.5 Å². The third kappa shape index (κ3) is 8.12. The summed E-state index contributed by atoms with van der Waals surface area (Å²) >= 11 is 0. The molecule has 0 radical (unpaired) electrons. The summed E-state index contributed by atoms with van der Waals surface area (Å²) in [5, 5.41) is 3.17. The molecule has 1 fully saturated rings. The van der Waals surface area contributed by atoms with Gasteiger partial charge < -0.3 is 15.0 Å². The minimum atomic E-state index is -4.90. The second kappa shape index (κ2) is 11.6. The van der Waals surface area contributed by atoms with E-state index in [-0.39, 0.29) is 36.3 Å². The number of nitrogens with one attached hydrogen (secondary N) is 1. The van der Waals surface area contributed by atoms with Gasteiger partial charge in [-0.05, 0) is 75.8 Å². The largest absolute Gasteiger partial charge is 0.444 e. The average molecular weight is 545 g/mol. The molecule has 1 aliphatic rings. The van der Waals surface area contributed by atoms with Gasteiger partial charge in [0.1, 0.15) is 5.60 Å². The van der Waals surface area contributed by atoms with Crippen molar-refractivity contribution < 1.29 is 35.9 Å². The highest BCUT2D eigenvalue weighted by molar-refractivity contribution is 5.69. The lowest BCUT2D eigenvalue weighted by atomic mass is 9.87. The molecule has 3 atom stereocenters. The number of likely N-dealkylation sites (tertiary alicyclic amines) is 1. The highest BCUT2D eigenvalue weighted by Crippen LogP contribution is 2.37. The van der Waals surface area contributed by atoms with Crippen LogP contribution in [0.25, 0.3) is 0 Å². The fraction of sp³-hybridized carbons (Fsp3) is 0.536. The van der Waals surface area contributed by atoms with E-state index in [1.54, 1.807) is 25.7 Å². The molecule has 1 aliphatic heterocycles. The summed E-state index contributed by atoms with van der Waals surface area (Å²) in [4.78, 5) is 15.0. The number of benzene rings is 2. The number of carbonyl (C=O) groups is 1. The summed E-state index contributed by atoms with van der Waals surface area (Å²) in [5.41, 5.74) is -2.46. The smallest absolute Gasteiger partial charge is 0.416 e. The van der Waals surface area contributed by atoms with Gasteiger partial charge in [0.05, 0.1) is 11.1 Å². The van der Waals surface area contributed by atoms with Crippen molar-refractivity contribution in [3.63, 3.8) is 0 Å². The monoisotopic (exact) mass is 544 g/mol. The molecule has 1 amide bonds. The molecule has 2 aromatic rings. The minimum absolute atomic E-state index is 0.102. The number of alkyl halides is 6. The van der Waals surface area contributed by atoms with Gasteiger partial charge in [-0.2, -0.15) is 26.3 Å². The highest BCUT2D eigenvalue weighted by Gasteiger charge is 2.40. The van der Waals surface area contributed by atoms with Crippen LogP contribution in [0.2, 0.25) is 0 Å². The molecule has 1 N–H and O–H groups in total. The van der Waals surface area contributed by atoms with Gasteiger partial charge in [0.2, 0.25) is 0 Å². The molecular weight excluding hydrogens is 510 g/mol. The average Bonchev–Trinajstić information content (AvgIpc) is 2.80. The summed E-state index contributed by atoms with van der Waals surface area (Å²) in [6, 6.07) is 10.5. The normalized spacial score (nSPS) is 20.9. The molecule has 0 aliphatic carbocycles. The Labute approximate surface area is 219 Å². The van der Waals surface area contributed by atoms with Gasteiger partial charge in [0.15, 0.2) is 0 Å². The van der Waals surface area contributed by atoms with E-state index in [0.29, 0.717) is 25.7 Å². The SMILES string of the molecule is CC[C@@H]1C[C@H](NCc2cc(C(F)(F)F)cc(C(F)(F)F)c2)C[C@H](Cc2ccccc2)N1C(=O)OC(C)(C)C. The van der Waals surface area contributed by atoms with Crippen LogP contribution in [0, 0.1) is 0 Å². The minimum Gasteiger partial charge on any atom is -0.444 e. The molecule has 3 rings (SSSR count). The number of halogens is 6. The Kier molecular flexibility index (Phi) is 9.06. The number of piperidine rings is 1. The molecule has 2 aromatic carbocycles. The maximum atomic E-state index is 13.3. The molecule has 1 heterocycles. The maximum absolute atomic E-state index is 13.3. The lowest BCUT2D eigenvalue weighted by Gasteiger charge is -2.45. The lowest BCUT2D eigenvalue weighted by Crippen LogP contribution is -2.57. The molecule has 1 saturated heterocycles. The number of amides is 1.